The molecular formula is C23H24N4O2S2. The Morgan fingerprint density at radius 2 is 2.00 bits per heavy atom. The van der Waals surface area contributed by atoms with Crippen LogP contribution in [-0.4, -0.2) is 26.2 Å². The summed E-state index contributed by atoms with van der Waals surface area (Å²) < 4.78 is 2.34. The van der Waals surface area contributed by atoms with Gasteiger partial charge in [-0.1, -0.05) is 55.9 Å². The van der Waals surface area contributed by atoms with Crippen molar-refractivity contribution in [1.82, 2.24) is 19.9 Å². The summed E-state index contributed by atoms with van der Waals surface area (Å²) in [5, 5.41) is 4.39. The highest BCUT2D eigenvalue weighted by atomic mass is 32.2. The Bertz CT molecular complexity index is 1270. The van der Waals surface area contributed by atoms with Gasteiger partial charge in [0, 0.05) is 24.7 Å². The number of rotatable bonds is 8. The zero-order chi connectivity index (χ0) is 21.8. The number of thioether (sulfide) groups is 1. The molecule has 0 radical (unpaired) electrons. The average molecular weight is 453 g/mol. The third-order valence-corrected chi connectivity index (χ3v) is 6.98. The molecule has 0 atom stereocenters. The molecule has 6 nitrogen and oxygen atoms in total. The molecule has 4 rings (SSSR count). The maximum absolute atomic E-state index is 13.3. The van der Waals surface area contributed by atoms with Crippen molar-refractivity contribution in [3.8, 4) is 0 Å². The number of amides is 1. The van der Waals surface area contributed by atoms with E-state index in [9.17, 15) is 9.59 Å². The number of carbonyl (C=O) groups is 1. The van der Waals surface area contributed by atoms with E-state index in [-0.39, 0.29) is 17.2 Å². The number of nitrogens with zero attached hydrogens (tertiary/aromatic N) is 3. The smallest absolute Gasteiger partial charge is 0.272 e. The SMILES string of the molecule is CC(C)CCn1c(SCC(=O)NCc2ccccc2)nc2c(sc3ncccc32)c1=O. The Labute approximate surface area is 188 Å². The van der Waals surface area contributed by atoms with Crippen LogP contribution >= 0.6 is 23.1 Å². The van der Waals surface area contributed by atoms with Crippen molar-refractivity contribution in [1.29, 1.82) is 0 Å². The van der Waals surface area contributed by atoms with Gasteiger partial charge in [0.2, 0.25) is 5.91 Å². The van der Waals surface area contributed by atoms with Gasteiger partial charge in [-0.15, -0.1) is 11.3 Å². The highest BCUT2D eigenvalue weighted by molar-refractivity contribution is 7.99. The molecule has 1 amide bonds. The van der Waals surface area contributed by atoms with Crippen LogP contribution in [0.15, 0.2) is 58.6 Å². The fourth-order valence-electron chi connectivity index (χ4n) is 3.21. The lowest BCUT2D eigenvalue weighted by Crippen LogP contribution is -2.26. The monoisotopic (exact) mass is 452 g/mol. The minimum absolute atomic E-state index is 0.0548. The van der Waals surface area contributed by atoms with Crippen molar-refractivity contribution in [3.63, 3.8) is 0 Å². The van der Waals surface area contributed by atoms with E-state index in [0.29, 0.717) is 34.4 Å². The lowest BCUT2D eigenvalue weighted by molar-refractivity contribution is -0.118. The van der Waals surface area contributed by atoms with Crippen molar-refractivity contribution in [2.45, 2.75) is 38.5 Å². The third-order valence-electron chi connectivity index (χ3n) is 4.91. The topological polar surface area (TPSA) is 76.9 Å². The van der Waals surface area contributed by atoms with Crippen LogP contribution in [0.2, 0.25) is 0 Å². The fraction of sp³-hybridized carbons (Fsp3) is 0.304. The maximum atomic E-state index is 13.3. The molecule has 0 saturated heterocycles. The van der Waals surface area contributed by atoms with Crippen molar-refractivity contribution in [3.05, 3.63) is 64.6 Å². The van der Waals surface area contributed by atoms with Gasteiger partial charge in [-0.05, 0) is 30.0 Å². The summed E-state index contributed by atoms with van der Waals surface area (Å²) in [6.07, 6.45) is 2.59. The second-order valence-electron chi connectivity index (χ2n) is 7.72. The lowest BCUT2D eigenvalue weighted by atomic mass is 10.1. The van der Waals surface area contributed by atoms with Crippen LogP contribution in [0.25, 0.3) is 20.4 Å². The van der Waals surface area contributed by atoms with E-state index in [2.05, 4.69) is 24.1 Å². The van der Waals surface area contributed by atoms with Crippen LogP contribution in [0.1, 0.15) is 25.8 Å². The first-order valence-electron chi connectivity index (χ1n) is 10.2. The number of fused-ring (bicyclic) bond motifs is 3. The molecule has 0 spiro atoms. The molecule has 0 unspecified atom stereocenters. The second kappa shape index (κ2) is 9.62. The molecule has 4 aromatic rings. The van der Waals surface area contributed by atoms with Gasteiger partial charge in [-0.3, -0.25) is 14.2 Å². The molecule has 0 fully saturated rings. The normalized spacial score (nSPS) is 11.5. The largest absolute Gasteiger partial charge is 0.351 e. The number of hydrogen-bond acceptors (Lipinski definition) is 6. The molecule has 0 aliphatic carbocycles. The Morgan fingerprint density at radius 1 is 1.19 bits per heavy atom. The predicted molar refractivity (Wildman–Crippen MR) is 128 cm³/mol. The molecule has 0 aliphatic rings. The highest BCUT2D eigenvalue weighted by Crippen LogP contribution is 2.30. The van der Waals surface area contributed by atoms with Gasteiger partial charge in [0.05, 0.1) is 11.3 Å². The number of hydrogen-bond donors (Lipinski definition) is 1. The number of benzene rings is 1. The first kappa shape index (κ1) is 21.5. The van der Waals surface area contributed by atoms with E-state index in [0.717, 1.165) is 22.2 Å². The molecule has 0 saturated carbocycles. The van der Waals surface area contributed by atoms with Crippen LogP contribution in [0.4, 0.5) is 0 Å². The molecule has 3 aromatic heterocycles. The number of carbonyl (C=O) groups excluding carboxylic acids is 1. The van der Waals surface area contributed by atoms with Crippen LogP contribution in [0, 0.1) is 5.92 Å². The standard InChI is InChI=1S/C23H24N4O2S2/c1-15(2)10-12-27-22(29)20-19(17-9-6-11-24-21(17)31-20)26-23(27)30-14-18(28)25-13-16-7-4-3-5-8-16/h3-9,11,15H,10,12-14H2,1-2H3,(H,25,28). The number of nitrogens with one attached hydrogen (secondary N) is 1. The Balaban J connectivity index is 1.59. The molecule has 1 N–H and O–H groups in total. The minimum atomic E-state index is -0.0875. The van der Waals surface area contributed by atoms with Gasteiger partial charge < -0.3 is 5.32 Å². The summed E-state index contributed by atoms with van der Waals surface area (Å²) in [6.45, 7) is 5.32. The van der Waals surface area contributed by atoms with Crippen LogP contribution < -0.4 is 10.9 Å². The number of thiophene rings is 1. The first-order valence-corrected chi connectivity index (χ1v) is 12.0. The van der Waals surface area contributed by atoms with E-state index in [1.54, 1.807) is 10.8 Å². The first-order chi connectivity index (χ1) is 15.0. The molecule has 1 aromatic carbocycles. The van der Waals surface area contributed by atoms with Crippen molar-refractivity contribution < 1.29 is 4.79 Å². The van der Waals surface area contributed by atoms with Gasteiger partial charge in [-0.2, -0.15) is 0 Å². The zero-order valence-electron chi connectivity index (χ0n) is 17.5. The number of pyridine rings is 1. The van der Waals surface area contributed by atoms with Crippen molar-refractivity contribution in [2.75, 3.05) is 5.75 Å². The summed E-state index contributed by atoms with van der Waals surface area (Å²) in [5.41, 5.74) is 1.67. The van der Waals surface area contributed by atoms with Crippen LogP contribution in [-0.2, 0) is 17.9 Å². The van der Waals surface area contributed by atoms with E-state index >= 15 is 0 Å². The Hall–Kier alpha value is -2.71. The molecular weight excluding hydrogens is 428 g/mol. The van der Waals surface area contributed by atoms with Crippen molar-refractivity contribution in [2.24, 2.45) is 5.92 Å². The summed E-state index contributed by atoms with van der Waals surface area (Å²) in [5.74, 6) is 0.571. The molecule has 160 valence electrons. The van der Waals surface area contributed by atoms with Gasteiger partial charge in [-0.25, -0.2) is 9.97 Å². The van der Waals surface area contributed by atoms with E-state index in [1.165, 1.54) is 23.1 Å². The van der Waals surface area contributed by atoms with E-state index < -0.39 is 0 Å². The highest BCUT2D eigenvalue weighted by Gasteiger charge is 2.18. The lowest BCUT2D eigenvalue weighted by Gasteiger charge is -2.13. The molecule has 0 bridgehead atoms. The summed E-state index contributed by atoms with van der Waals surface area (Å²) in [7, 11) is 0. The van der Waals surface area contributed by atoms with Gasteiger partial charge in [0.15, 0.2) is 5.16 Å². The quantitative estimate of drug-likeness (QED) is 0.315. The summed E-state index contributed by atoms with van der Waals surface area (Å²) in [6, 6.07) is 13.6. The summed E-state index contributed by atoms with van der Waals surface area (Å²) in [4.78, 5) is 35.7. The van der Waals surface area contributed by atoms with Crippen molar-refractivity contribution >= 4 is 49.4 Å². The van der Waals surface area contributed by atoms with Crippen LogP contribution in [0.5, 0.6) is 0 Å². The van der Waals surface area contributed by atoms with Crippen LogP contribution in [0.3, 0.4) is 0 Å². The Kier molecular flexibility index (Phi) is 6.67. The summed E-state index contributed by atoms with van der Waals surface area (Å²) >= 11 is 2.69. The molecule has 8 heteroatoms. The third kappa shape index (κ3) is 4.97. The molecule has 0 aliphatic heterocycles. The molecule has 31 heavy (non-hydrogen) atoms. The average Bonchev–Trinajstić information content (AvgIpc) is 3.15. The Morgan fingerprint density at radius 3 is 2.77 bits per heavy atom. The number of aromatic nitrogens is 3. The predicted octanol–water partition coefficient (Wildman–Crippen LogP) is 4.46. The van der Waals surface area contributed by atoms with E-state index in [4.69, 9.17) is 4.98 Å². The maximum Gasteiger partial charge on any atom is 0.272 e. The second-order valence-corrected chi connectivity index (χ2v) is 9.66. The van der Waals surface area contributed by atoms with Gasteiger partial charge in [0.1, 0.15) is 9.53 Å². The van der Waals surface area contributed by atoms with Gasteiger partial charge in [0.25, 0.3) is 5.56 Å². The fourth-order valence-corrected chi connectivity index (χ4v) is 5.09. The van der Waals surface area contributed by atoms with Gasteiger partial charge >= 0.3 is 0 Å². The molecule has 3 heterocycles. The zero-order valence-corrected chi connectivity index (χ0v) is 19.1. The van der Waals surface area contributed by atoms with E-state index in [1.807, 2.05) is 42.5 Å². The minimum Gasteiger partial charge on any atom is -0.351 e.